The van der Waals surface area contributed by atoms with Gasteiger partial charge in [-0.15, -0.1) is 0 Å². The van der Waals surface area contributed by atoms with E-state index >= 15 is 0 Å². The SMILES string of the molecule is O=S(=O)(c1ccc(Br)cc1Cl)N1CCN(Cn2cc(Br)cn2)CC1. The first-order valence-corrected chi connectivity index (χ1v) is 10.6. The molecule has 130 valence electrons. The average Bonchev–Trinajstić information content (AvgIpc) is 2.92. The van der Waals surface area contributed by atoms with Gasteiger partial charge in [-0.1, -0.05) is 27.5 Å². The summed E-state index contributed by atoms with van der Waals surface area (Å²) in [6.07, 6.45) is 3.63. The number of hydrogen-bond acceptors (Lipinski definition) is 4. The third-order valence-corrected chi connectivity index (χ3v) is 7.07. The molecule has 1 aromatic carbocycles. The summed E-state index contributed by atoms with van der Waals surface area (Å²) in [6.45, 7) is 2.78. The number of piperazine rings is 1. The Morgan fingerprint density at radius 1 is 1.12 bits per heavy atom. The fourth-order valence-corrected chi connectivity index (χ4v) is 5.32. The summed E-state index contributed by atoms with van der Waals surface area (Å²) < 4.78 is 30.5. The molecule has 0 bridgehead atoms. The van der Waals surface area contributed by atoms with Crippen molar-refractivity contribution in [3.05, 3.63) is 44.6 Å². The van der Waals surface area contributed by atoms with E-state index in [1.54, 1.807) is 18.3 Å². The number of aromatic nitrogens is 2. The second-order valence-corrected chi connectivity index (χ2v) is 9.58. The van der Waals surface area contributed by atoms with Gasteiger partial charge in [0, 0.05) is 36.8 Å². The van der Waals surface area contributed by atoms with Crippen LogP contribution in [0.4, 0.5) is 0 Å². The zero-order valence-electron chi connectivity index (χ0n) is 12.6. The number of rotatable bonds is 4. The van der Waals surface area contributed by atoms with E-state index in [9.17, 15) is 8.42 Å². The van der Waals surface area contributed by atoms with Crippen LogP contribution in [0.1, 0.15) is 0 Å². The van der Waals surface area contributed by atoms with Crippen LogP contribution in [0.25, 0.3) is 0 Å². The van der Waals surface area contributed by atoms with E-state index in [-0.39, 0.29) is 9.92 Å². The van der Waals surface area contributed by atoms with Crippen LogP contribution < -0.4 is 0 Å². The molecule has 0 unspecified atom stereocenters. The zero-order valence-corrected chi connectivity index (χ0v) is 17.3. The highest BCUT2D eigenvalue weighted by Gasteiger charge is 2.30. The van der Waals surface area contributed by atoms with Gasteiger partial charge < -0.3 is 0 Å². The molecule has 0 saturated carbocycles. The second kappa shape index (κ2) is 7.43. The molecule has 0 atom stereocenters. The lowest BCUT2D eigenvalue weighted by Gasteiger charge is -2.33. The molecular weight excluding hydrogens is 484 g/mol. The topological polar surface area (TPSA) is 58.4 Å². The van der Waals surface area contributed by atoms with E-state index in [0.717, 1.165) is 8.95 Å². The van der Waals surface area contributed by atoms with Gasteiger partial charge in [-0.2, -0.15) is 9.40 Å². The summed E-state index contributed by atoms with van der Waals surface area (Å²) in [6, 6.07) is 4.82. The quantitative estimate of drug-likeness (QED) is 0.650. The van der Waals surface area contributed by atoms with Crippen LogP contribution >= 0.6 is 43.5 Å². The lowest BCUT2D eigenvalue weighted by molar-refractivity contribution is 0.146. The third kappa shape index (κ3) is 4.03. The van der Waals surface area contributed by atoms with Crippen molar-refractivity contribution >= 4 is 53.5 Å². The zero-order chi connectivity index (χ0) is 17.3. The van der Waals surface area contributed by atoms with Gasteiger partial charge in [0.05, 0.1) is 22.4 Å². The fourth-order valence-electron chi connectivity index (χ4n) is 2.56. The first-order chi connectivity index (χ1) is 11.4. The van der Waals surface area contributed by atoms with E-state index < -0.39 is 10.0 Å². The van der Waals surface area contributed by atoms with E-state index in [2.05, 4.69) is 41.9 Å². The minimum absolute atomic E-state index is 0.150. The maximum Gasteiger partial charge on any atom is 0.244 e. The van der Waals surface area contributed by atoms with Crippen LogP contribution in [0.2, 0.25) is 5.02 Å². The molecule has 0 N–H and O–H groups in total. The largest absolute Gasteiger partial charge is 0.282 e. The van der Waals surface area contributed by atoms with Crippen molar-refractivity contribution in [2.24, 2.45) is 0 Å². The Bertz CT molecular complexity index is 835. The Hall–Kier alpha value is -0.450. The molecule has 6 nitrogen and oxygen atoms in total. The number of hydrogen-bond donors (Lipinski definition) is 0. The van der Waals surface area contributed by atoms with Gasteiger partial charge in [0.2, 0.25) is 10.0 Å². The molecule has 0 spiro atoms. The standard InChI is InChI=1S/C14H15Br2ClN4O2S/c15-11-1-2-14(13(17)7-11)24(22,23)21-5-3-19(4-6-21)10-20-9-12(16)8-18-20/h1-2,7-9H,3-6,10H2. The Labute approximate surface area is 162 Å². The van der Waals surface area contributed by atoms with Crippen molar-refractivity contribution in [2.75, 3.05) is 26.2 Å². The van der Waals surface area contributed by atoms with Crippen LogP contribution in [0.3, 0.4) is 0 Å². The van der Waals surface area contributed by atoms with Gasteiger partial charge in [-0.25, -0.2) is 8.42 Å². The number of benzene rings is 1. The van der Waals surface area contributed by atoms with Crippen molar-refractivity contribution in [3.63, 3.8) is 0 Å². The van der Waals surface area contributed by atoms with Gasteiger partial charge >= 0.3 is 0 Å². The molecule has 0 aliphatic carbocycles. The van der Waals surface area contributed by atoms with E-state index in [0.29, 0.717) is 32.8 Å². The molecule has 3 rings (SSSR count). The Morgan fingerprint density at radius 2 is 1.83 bits per heavy atom. The first kappa shape index (κ1) is 18.3. The van der Waals surface area contributed by atoms with Crippen LogP contribution in [-0.4, -0.2) is 53.6 Å². The van der Waals surface area contributed by atoms with Crippen molar-refractivity contribution in [2.45, 2.75) is 11.6 Å². The molecule has 2 aromatic rings. The van der Waals surface area contributed by atoms with E-state index in [1.807, 2.05) is 10.9 Å². The predicted molar refractivity (Wildman–Crippen MR) is 99.4 cm³/mol. The average molecular weight is 499 g/mol. The highest BCUT2D eigenvalue weighted by atomic mass is 79.9. The fraction of sp³-hybridized carbons (Fsp3) is 0.357. The Balaban J connectivity index is 1.67. The molecule has 1 aliphatic heterocycles. The van der Waals surface area contributed by atoms with Crippen LogP contribution in [0.15, 0.2) is 44.4 Å². The number of nitrogens with zero attached hydrogens (tertiary/aromatic N) is 4. The van der Waals surface area contributed by atoms with Gasteiger partial charge in [-0.05, 0) is 34.1 Å². The molecule has 24 heavy (non-hydrogen) atoms. The summed E-state index contributed by atoms with van der Waals surface area (Å²) in [5.74, 6) is 0. The normalized spacial score (nSPS) is 17.3. The van der Waals surface area contributed by atoms with Crippen LogP contribution in [-0.2, 0) is 16.7 Å². The maximum absolute atomic E-state index is 12.8. The summed E-state index contributed by atoms with van der Waals surface area (Å²) in [5, 5.41) is 4.45. The van der Waals surface area contributed by atoms with Gasteiger partial charge in [-0.3, -0.25) is 9.58 Å². The minimum Gasteiger partial charge on any atom is -0.282 e. The summed E-state index contributed by atoms with van der Waals surface area (Å²) in [4.78, 5) is 2.31. The lowest BCUT2D eigenvalue weighted by atomic mass is 10.4. The molecule has 0 amide bonds. The summed E-state index contributed by atoms with van der Waals surface area (Å²) in [7, 11) is -3.58. The van der Waals surface area contributed by atoms with Crippen molar-refractivity contribution in [3.8, 4) is 0 Å². The Kier molecular flexibility index (Phi) is 5.68. The molecule has 1 aromatic heterocycles. The van der Waals surface area contributed by atoms with Crippen LogP contribution in [0, 0.1) is 0 Å². The van der Waals surface area contributed by atoms with Crippen molar-refractivity contribution in [1.82, 2.24) is 19.0 Å². The van der Waals surface area contributed by atoms with Crippen molar-refractivity contribution < 1.29 is 8.42 Å². The van der Waals surface area contributed by atoms with Crippen LogP contribution in [0.5, 0.6) is 0 Å². The molecule has 1 aliphatic rings. The molecular formula is C14H15Br2ClN4O2S. The monoisotopic (exact) mass is 496 g/mol. The van der Waals surface area contributed by atoms with Gasteiger partial charge in [0.25, 0.3) is 0 Å². The molecule has 1 saturated heterocycles. The molecule has 2 heterocycles. The van der Waals surface area contributed by atoms with E-state index in [4.69, 9.17) is 11.6 Å². The third-order valence-electron chi connectivity index (χ3n) is 3.79. The highest BCUT2D eigenvalue weighted by Crippen LogP contribution is 2.28. The summed E-state index contributed by atoms with van der Waals surface area (Å²) in [5.41, 5.74) is 0. The van der Waals surface area contributed by atoms with Gasteiger partial charge in [0.1, 0.15) is 4.90 Å². The molecule has 10 heteroatoms. The predicted octanol–water partition coefficient (Wildman–Crippen LogP) is 3.03. The smallest absolute Gasteiger partial charge is 0.244 e. The molecule has 0 radical (unpaired) electrons. The minimum atomic E-state index is -3.58. The summed E-state index contributed by atoms with van der Waals surface area (Å²) >= 11 is 12.8. The number of sulfonamides is 1. The van der Waals surface area contributed by atoms with Crippen molar-refractivity contribution in [1.29, 1.82) is 0 Å². The Morgan fingerprint density at radius 3 is 2.42 bits per heavy atom. The molecule has 1 fully saturated rings. The second-order valence-electron chi connectivity index (χ2n) is 5.44. The first-order valence-electron chi connectivity index (χ1n) is 7.22. The van der Waals surface area contributed by atoms with E-state index in [1.165, 1.54) is 10.4 Å². The maximum atomic E-state index is 12.8. The van der Waals surface area contributed by atoms with Gasteiger partial charge in [0.15, 0.2) is 0 Å². The lowest BCUT2D eigenvalue weighted by Crippen LogP contribution is -2.48. The highest BCUT2D eigenvalue weighted by molar-refractivity contribution is 9.10. The number of halogens is 3.